The first-order valence-corrected chi connectivity index (χ1v) is 5.72. The Morgan fingerprint density at radius 1 is 1.26 bits per heavy atom. The Morgan fingerprint density at radius 2 is 1.84 bits per heavy atom. The maximum atomic E-state index is 9.55. The summed E-state index contributed by atoms with van der Waals surface area (Å²) in [6.45, 7) is 0. The fourth-order valence-electron chi connectivity index (χ4n) is 1.15. The van der Waals surface area contributed by atoms with Crippen molar-refractivity contribution in [3.05, 3.63) is 34.8 Å². The van der Waals surface area contributed by atoms with Crippen molar-refractivity contribution >= 4 is 44.6 Å². The molecule has 5 N–H and O–H groups in total. The summed E-state index contributed by atoms with van der Waals surface area (Å²) < 4.78 is 1.01. The van der Waals surface area contributed by atoms with Crippen LogP contribution in [0.1, 0.15) is 0 Å². The van der Waals surface area contributed by atoms with Crippen LogP contribution in [0.3, 0.4) is 0 Å². The van der Waals surface area contributed by atoms with Gasteiger partial charge in [-0.3, -0.25) is 5.10 Å². The first-order chi connectivity index (χ1) is 8.90. The van der Waals surface area contributed by atoms with Crippen molar-refractivity contribution in [2.24, 2.45) is 0 Å². The van der Waals surface area contributed by atoms with E-state index in [1.54, 1.807) is 0 Å². The fourth-order valence-corrected chi connectivity index (χ4v) is 1.51. The number of nitrogens with one attached hydrogen (secondary N) is 1. The fraction of sp³-hybridized carbons (Fsp3) is 0. The maximum absolute atomic E-state index is 9.55. The van der Waals surface area contributed by atoms with E-state index >= 15 is 0 Å². The topological polar surface area (TPSA) is 129 Å². The van der Waals surface area contributed by atoms with Gasteiger partial charge in [0.25, 0.3) is 0 Å². The molecule has 0 aliphatic heterocycles. The quantitative estimate of drug-likeness (QED) is 0.620. The summed E-state index contributed by atoms with van der Waals surface area (Å²) in [5.74, 6) is -1.97. The van der Waals surface area contributed by atoms with E-state index in [2.05, 4.69) is 26.1 Å². The number of aliphatic carboxylic acids is 2. The van der Waals surface area contributed by atoms with Crippen LogP contribution in [0.25, 0.3) is 10.9 Å². The Morgan fingerprint density at radius 3 is 2.37 bits per heavy atom. The predicted molar refractivity (Wildman–Crippen MR) is 72.6 cm³/mol. The second-order valence-electron chi connectivity index (χ2n) is 3.31. The number of nitrogens with two attached hydrogens (primary N) is 1. The van der Waals surface area contributed by atoms with Gasteiger partial charge in [-0.05, 0) is 18.2 Å². The van der Waals surface area contributed by atoms with Crippen molar-refractivity contribution in [1.29, 1.82) is 0 Å². The Hall–Kier alpha value is -2.35. The van der Waals surface area contributed by atoms with Crippen LogP contribution in [0.2, 0.25) is 0 Å². The molecule has 1 aromatic heterocycles. The van der Waals surface area contributed by atoms with Gasteiger partial charge in [-0.1, -0.05) is 15.9 Å². The average molecular weight is 328 g/mol. The molecule has 0 atom stereocenters. The van der Waals surface area contributed by atoms with Gasteiger partial charge in [0.1, 0.15) is 0 Å². The highest BCUT2D eigenvalue weighted by Gasteiger charge is 2.00. The minimum absolute atomic E-state index is 0.543. The first-order valence-electron chi connectivity index (χ1n) is 4.93. The third-order valence-corrected chi connectivity index (χ3v) is 2.42. The monoisotopic (exact) mass is 327 g/mol. The number of anilines is 1. The molecule has 0 saturated heterocycles. The third-order valence-electron chi connectivity index (χ3n) is 1.92. The lowest BCUT2D eigenvalue weighted by atomic mass is 10.2. The zero-order valence-corrected chi connectivity index (χ0v) is 11.1. The molecule has 0 fully saturated rings. The van der Waals surface area contributed by atoms with Gasteiger partial charge in [-0.25, -0.2) is 9.59 Å². The molecule has 0 aliphatic rings. The van der Waals surface area contributed by atoms with Crippen LogP contribution in [0.5, 0.6) is 0 Å². The Bertz CT molecular complexity index is 620. The van der Waals surface area contributed by atoms with Crippen LogP contribution >= 0.6 is 15.9 Å². The van der Waals surface area contributed by atoms with E-state index < -0.39 is 11.9 Å². The molecule has 2 rings (SSSR count). The minimum atomic E-state index is -1.26. The number of hydrogen-bond acceptors (Lipinski definition) is 4. The lowest BCUT2D eigenvalue weighted by Gasteiger charge is -1.89. The van der Waals surface area contributed by atoms with Crippen molar-refractivity contribution in [3.8, 4) is 0 Å². The summed E-state index contributed by atoms with van der Waals surface area (Å²) in [6.07, 6.45) is 1.12. The molecular formula is C11H10BrN3O4. The molecule has 1 heterocycles. The van der Waals surface area contributed by atoms with Crippen molar-refractivity contribution < 1.29 is 19.8 Å². The van der Waals surface area contributed by atoms with Crippen LogP contribution in [-0.4, -0.2) is 32.3 Å². The molecule has 7 nitrogen and oxygen atoms in total. The van der Waals surface area contributed by atoms with Gasteiger partial charge in [0, 0.05) is 22.0 Å². The third kappa shape index (κ3) is 4.80. The van der Waals surface area contributed by atoms with Crippen LogP contribution in [0, 0.1) is 0 Å². The molecule has 0 unspecified atom stereocenters. The predicted octanol–water partition coefficient (Wildman–Crippen LogP) is 1.62. The average Bonchev–Trinajstić information content (AvgIpc) is 2.69. The summed E-state index contributed by atoms with van der Waals surface area (Å²) >= 11 is 3.35. The smallest absolute Gasteiger partial charge is 0.328 e. The summed E-state index contributed by atoms with van der Waals surface area (Å²) in [7, 11) is 0. The van der Waals surface area contributed by atoms with Crippen LogP contribution in [-0.2, 0) is 9.59 Å². The number of carboxylic acid groups (broad SMARTS) is 2. The van der Waals surface area contributed by atoms with Crippen molar-refractivity contribution in [2.45, 2.75) is 0 Å². The van der Waals surface area contributed by atoms with E-state index in [0.29, 0.717) is 18.0 Å². The van der Waals surface area contributed by atoms with Gasteiger partial charge in [0.2, 0.25) is 0 Å². The van der Waals surface area contributed by atoms with E-state index in [-0.39, 0.29) is 0 Å². The lowest BCUT2D eigenvalue weighted by molar-refractivity contribution is -0.134. The van der Waals surface area contributed by atoms with Gasteiger partial charge in [-0.2, -0.15) is 5.10 Å². The highest BCUT2D eigenvalue weighted by atomic mass is 79.9. The Kier molecular flexibility index (Phi) is 5.07. The van der Waals surface area contributed by atoms with Gasteiger partial charge in [-0.15, -0.1) is 0 Å². The van der Waals surface area contributed by atoms with Crippen LogP contribution in [0.15, 0.2) is 34.8 Å². The zero-order valence-electron chi connectivity index (χ0n) is 9.50. The minimum Gasteiger partial charge on any atom is -0.478 e. The van der Waals surface area contributed by atoms with Gasteiger partial charge in [0.05, 0.1) is 5.52 Å². The number of hydrogen-bond donors (Lipinski definition) is 4. The number of nitrogen functional groups attached to an aromatic ring is 1. The first kappa shape index (κ1) is 14.7. The number of carboxylic acids is 2. The normalized spacial score (nSPS) is 10.2. The molecule has 8 heteroatoms. The molecule has 2 aromatic rings. The SMILES string of the molecule is Nc1n[nH]c2ccc(Br)cc12.O=C(O)/C=C\C(=O)O. The van der Waals surface area contributed by atoms with Crippen molar-refractivity contribution in [3.63, 3.8) is 0 Å². The number of aromatic amines is 1. The Labute approximate surface area is 115 Å². The number of benzene rings is 1. The van der Waals surface area contributed by atoms with Gasteiger partial charge < -0.3 is 15.9 Å². The van der Waals surface area contributed by atoms with Gasteiger partial charge >= 0.3 is 11.9 Å². The number of halogens is 1. The zero-order chi connectivity index (χ0) is 14.4. The second-order valence-corrected chi connectivity index (χ2v) is 4.22. The number of H-pyrrole nitrogens is 1. The van der Waals surface area contributed by atoms with Crippen LogP contribution < -0.4 is 5.73 Å². The molecule has 19 heavy (non-hydrogen) atoms. The molecule has 1 aromatic carbocycles. The second kappa shape index (κ2) is 6.55. The summed E-state index contributed by atoms with van der Waals surface area (Å²) in [4.78, 5) is 19.1. The summed E-state index contributed by atoms with van der Waals surface area (Å²) in [5, 5.41) is 23.3. The summed E-state index contributed by atoms with van der Waals surface area (Å²) in [6, 6.07) is 5.82. The van der Waals surface area contributed by atoms with E-state index in [4.69, 9.17) is 15.9 Å². The number of nitrogens with zero attached hydrogens (tertiary/aromatic N) is 1. The maximum Gasteiger partial charge on any atom is 0.328 e. The standard InChI is InChI=1S/C7H6BrN3.C4H4O4/c8-4-1-2-6-5(3-4)7(9)11-10-6;5-3(6)1-2-4(7)8/h1-3H,(H3,9,10,11);1-2H,(H,5,6)(H,7,8)/b;2-1-. The number of aromatic nitrogens is 2. The van der Waals surface area contributed by atoms with E-state index in [1.807, 2.05) is 18.2 Å². The Balaban J connectivity index is 0.000000203. The molecule has 0 radical (unpaired) electrons. The van der Waals surface area contributed by atoms with E-state index in [1.165, 1.54) is 0 Å². The molecular weight excluding hydrogens is 318 g/mol. The van der Waals surface area contributed by atoms with Crippen molar-refractivity contribution in [1.82, 2.24) is 10.2 Å². The number of rotatable bonds is 2. The molecule has 100 valence electrons. The molecule has 0 bridgehead atoms. The van der Waals surface area contributed by atoms with E-state index in [0.717, 1.165) is 15.4 Å². The number of carbonyl (C=O) groups is 2. The molecule has 0 spiro atoms. The van der Waals surface area contributed by atoms with Crippen LogP contribution in [0.4, 0.5) is 5.82 Å². The largest absolute Gasteiger partial charge is 0.478 e. The summed E-state index contributed by atoms with van der Waals surface area (Å²) in [5.41, 5.74) is 6.55. The van der Waals surface area contributed by atoms with Gasteiger partial charge in [0.15, 0.2) is 5.82 Å². The molecule has 0 saturated carbocycles. The highest BCUT2D eigenvalue weighted by molar-refractivity contribution is 9.10. The highest BCUT2D eigenvalue weighted by Crippen LogP contribution is 2.21. The molecule has 0 aliphatic carbocycles. The van der Waals surface area contributed by atoms with E-state index in [9.17, 15) is 9.59 Å². The number of fused-ring (bicyclic) bond motifs is 1. The molecule has 0 amide bonds. The van der Waals surface area contributed by atoms with Crippen molar-refractivity contribution in [2.75, 3.05) is 5.73 Å². The lowest BCUT2D eigenvalue weighted by Crippen LogP contribution is -1.91.